The van der Waals surface area contributed by atoms with Crippen LogP contribution in [0.1, 0.15) is 44.5 Å². The zero-order chi connectivity index (χ0) is 16.6. The summed E-state index contributed by atoms with van der Waals surface area (Å²) in [5.74, 6) is 0.430. The molecule has 8 heteroatoms. The lowest BCUT2D eigenvalue weighted by Crippen LogP contribution is -2.25. The van der Waals surface area contributed by atoms with Crippen molar-refractivity contribution in [3.05, 3.63) is 38.9 Å². The largest absolute Gasteiger partial charge is 0.344 e. The number of carbonyl (C=O) groups is 1. The quantitative estimate of drug-likeness (QED) is 0.791. The molecule has 0 fully saturated rings. The molecule has 3 aromatic heterocycles. The number of nitrogens with zero attached hydrogens (tertiary/aromatic N) is 5. The van der Waals surface area contributed by atoms with Gasteiger partial charge in [0.15, 0.2) is 0 Å². The van der Waals surface area contributed by atoms with Crippen LogP contribution in [0, 0.1) is 20.8 Å². The molecule has 0 unspecified atom stereocenters. The Kier molecular flexibility index (Phi) is 4.08. The minimum atomic E-state index is -0.264. The van der Waals surface area contributed by atoms with Gasteiger partial charge in [-0.2, -0.15) is 0 Å². The van der Waals surface area contributed by atoms with Crippen LogP contribution in [-0.4, -0.2) is 30.5 Å². The maximum absolute atomic E-state index is 12.5. The summed E-state index contributed by atoms with van der Waals surface area (Å²) in [4.78, 5) is 22.3. The highest BCUT2D eigenvalue weighted by atomic mass is 32.1. The number of thiazole rings is 1. The van der Waals surface area contributed by atoms with Crippen LogP contribution in [0.4, 0.5) is 0 Å². The van der Waals surface area contributed by atoms with Gasteiger partial charge >= 0.3 is 0 Å². The van der Waals surface area contributed by atoms with Crippen molar-refractivity contribution in [3.63, 3.8) is 0 Å². The summed E-state index contributed by atoms with van der Waals surface area (Å²) >= 11 is 1.61. The fraction of sp³-hybridized carbons (Fsp3) is 0.400. The third-order valence-electron chi connectivity index (χ3n) is 3.53. The first-order valence-electron chi connectivity index (χ1n) is 7.42. The van der Waals surface area contributed by atoms with Crippen molar-refractivity contribution < 1.29 is 4.79 Å². The van der Waals surface area contributed by atoms with Gasteiger partial charge in [-0.25, -0.2) is 9.97 Å². The first-order valence-corrected chi connectivity index (χ1v) is 8.24. The lowest BCUT2D eigenvalue weighted by molar-refractivity contribution is 0.0939. The topological polar surface area (TPSA) is 85.1 Å². The van der Waals surface area contributed by atoms with Gasteiger partial charge in [-0.3, -0.25) is 9.20 Å². The van der Waals surface area contributed by atoms with Crippen LogP contribution in [0.2, 0.25) is 0 Å². The summed E-state index contributed by atoms with van der Waals surface area (Å²) in [6, 6.07) is 1.90. The van der Waals surface area contributed by atoms with Crippen LogP contribution in [-0.2, 0) is 13.0 Å². The SMILES string of the molecule is CCc1nc(C)sc1CNC(=O)c1nnc2nc(C)cc(C)n12. The Morgan fingerprint density at radius 1 is 1.26 bits per heavy atom. The predicted molar refractivity (Wildman–Crippen MR) is 87.7 cm³/mol. The normalized spacial score (nSPS) is 11.1. The third-order valence-corrected chi connectivity index (χ3v) is 4.54. The maximum atomic E-state index is 12.5. The fourth-order valence-corrected chi connectivity index (χ4v) is 3.51. The molecule has 3 heterocycles. The van der Waals surface area contributed by atoms with Gasteiger partial charge in [0.1, 0.15) is 0 Å². The standard InChI is InChI=1S/C15H18N6OS/c1-5-11-12(23-10(4)18-11)7-16-14(22)13-19-20-15-17-8(2)6-9(3)21(13)15/h6H,5,7H2,1-4H3,(H,16,22). The summed E-state index contributed by atoms with van der Waals surface area (Å²) in [7, 11) is 0. The molecule has 7 nitrogen and oxygen atoms in total. The minimum absolute atomic E-state index is 0.254. The van der Waals surface area contributed by atoms with Gasteiger partial charge in [0.05, 0.1) is 17.2 Å². The van der Waals surface area contributed by atoms with Crippen molar-refractivity contribution in [2.45, 2.75) is 40.7 Å². The van der Waals surface area contributed by atoms with Crippen LogP contribution in [0.15, 0.2) is 6.07 Å². The Morgan fingerprint density at radius 2 is 2.04 bits per heavy atom. The van der Waals surface area contributed by atoms with Crippen molar-refractivity contribution in [2.75, 3.05) is 0 Å². The van der Waals surface area contributed by atoms with Gasteiger partial charge in [-0.1, -0.05) is 6.92 Å². The molecule has 0 aliphatic carbocycles. The second-order valence-corrected chi connectivity index (χ2v) is 6.62. The van der Waals surface area contributed by atoms with Crippen LogP contribution >= 0.6 is 11.3 Å². The van der Waals surface area contributed by atoms with E-state index in [4.69, 9.17) is 0 Å². The Hall–Kier alpha value is -2.35. The lowest BCUT2D eigenvalue weighted by Gasteiger charge is -2.05. The second kappa shape index (κ2) is 6.04. The van der Waals surface area contributed by atoms with Crippen molar-refractivity contribution in [3.8, 4) is 0 Å². The number of aromatic nitrogens is 5. The van der Waals surface area contributed by atoms with Gasteiger partial charge in [0, 0.05) is 16.3 Å². The molecule has 0 saturated carbocycles. The average Bonchev–Trinajstić information content (AvgIpc) is 3.07. The third kappa shape index (κ3) is 2.94. The number of rotatable bonds is 4. The smallest absolute Gasteiger partial charge is 0.289 e. The molecule has 0 aliphatic heterocycles. The number of aryl methyl sites for hydroxylation is 4. The van der Waals surface area contributed by atoms with Crippen LogP contribution in [0.5, 0.6) is 0 Å². The Bertz CT molecular complexity index is 882. The highest BCUT2D eigenvalue weighted by molar-refractivity contribution is 7.11. The molecule has 120 valence electrons. The average molecular weight is 330 g/mol. The monoisotopic (exact) mass is 330 g/mol. The van der Waals surface area contributed by atoms with E-state index >= 15 is 0 Å². The van der Waals surface area contributed by atoms with Gasteiger partial charge in [-0.15, -0.1) is 21.5 Å². The molecular formula is C15H18N6OS. The molecular weight excluding hydrogens is 312 g/mol. The summed E-state index contributed by atoms with van der Waals surface area (Å²) in [6.07, 6.45) is 0.853. The van der Waals surface area contributed by atoms with Gasteiger partial charge in [0.25, 0.3) is 11.7 Å². The molecule has 1 N–H and O–H groups in total. The number of nitrogens with one attached hydrogen (secondary N) is 1. The van der Waals surface area contributed by atoms with E-state index in [1.165, 1.54) is 0 Å². The van der Waals surface area contributed by atoms with Crippen molar-refractivity contribution >= 4 is 23.0 Å². The van der Waals surface area contributed by atoms with E-state index in [2.05, 4.69) is 32.4 Å². The fourth-order valence-electron chi connectivity index (χ4n) is 2.54. The van der Waals surface area contributed by atoms with E-state index < -0.39 is 0 Å². The Morgan fingerprint density at radius 3 is 2.78 bits per heavy atom. The predicted octanol–water partition coefficient (Wildman–Crippen LogP) is 2.00. The van der Waals surface area contributed by atoms with E-state index in [1.807, 2.05) is 26.8 Å². The lowest BCUT2D eigenvalue weighted by atomic mass is 10.3. The number of amides is 1. The Balaban J connectivity index is 1.84. The molecule has 0 saturated heterocycles. The van der Waals surface area contributed by atoms with E-state index in [0.29, 0.717) is 12.3 Å². The van der Waals surface area contributed by atoms with Gasteiger partial charge in [0.2, 0.25) is 5.82 Å². The van der Waals surface area contributed by atoms with Gasteiger partial charge in [-0.05, 0) is 33.3 Å². The van der Waals surface area contributed by atoms with E-state index in [0.717, 1.165) is 33.4 Å². The molecule has 0 aliphatic rings. The highest BCUT2D eigenvalue weighted by Gasteiger charge is 2.17. The van der Waals surface area contributed by atoms with Crippen molar-refractivity contribution in [2.24, 2.45) is 0 Å². The summed E-state index contributed by atoms with van der Waals surface area (Å²) < 4.78 is 1.67. The highest BCUT2D eigenvalue weighted by Crippen LogP contribution is 2.18. The van der Waals surface area contributed by atoms with Crippen LogP contribution in [0.3, 0.4) is 0 Å². The number of carbonyl (C=O) groups excluding carboxylic acids is 1. The van der Waals surface area contributed by atoms with Crippen LogP contribution in [0.25, 0.3) is 5.78 Å². The Labute approximate surface area is 137 Å². The summed E-state index contributed by atoms with van der Waals surface area (Å²) in [5.41, 5.74) is 2.76. The first-order chi connectivity index (χ1) is 11.0. The van der Waals surface area contributed by atoms with E-state index in [9.17, 15) is 4.79 Å². The zero-order valence-electron chi connectivity index (χ0n) is 13.5. The molecule has 1 amide bonds. The molecule has 3 rings (SSSR count). The summed E-state index contributed by atoms with van der Waals surface area (Å²) in [5, 5.41) is 11.9. The van der Waals surface area contributed by atoms with Crippen LogP contribution < -0.4 is 5.32 Å². The molecule has 23 heavy (non-hydrogen) atoms. The number of hydrogen-bond acceptors (Lipinski definition) is 6. The molecule has 0 spiro atoms. The molecule has 3 aromatic rings. The number of hydrogen-bond donors (Lipinski definition) is 1. The number of fused-ring (bicyclic) bond motifs is 1. The maximum Gasteiger partial charge on any atom is 0.289 e. The first kappa shape index (κ1) is 15.5. The van der Waals surface area contributed by atoms with E-state index in [1.54, 1.807) is 15.7 Å². The van der Waals surface area contributed by atoms with E-state index in [-0.39, 0.29) is 11.7 Å². The van der Waals surface area contributed by atoms with Crippen molar-refractivity contribution in [1.29, 1.82) is 0 Å². The molecule has 0 atom stereocenters. The molecule has 0 radical (unpaired) electrons. The van der Waals surface area contributed by atoms with Crippen molar-refractivity contribution in [1.82, 2.24) is 29.9 Å². The van der Waals surface area contributed by atoms with Gasteiger partial charge < -0.3 is 5.32 Å². The molecule has 0 aromatic carbocycles. The molecule has 0 bridgehead atoms. The minimum Gasteiger partial charge on any atom is -0.344 e. The summed E-state index contributed by atoms with van der Waals surface area (Å²) in [6.45, 7) is 8.27. The second-order valence-electron chi connectivity index (χ2n) is 5.34. The zero-order valence-corrected chi connectivity index (χ0v) is 14.4.